The number of pyridine rings is 1. The Labute approximate surface area is 191 Å². The van der Waals surface area contributed by atoms with Crippen LogP contribution in [0.1, 0.15) is 44.2 Å². The second-order valence-corrected chi connectivity index (χ2v) is 8.27. The predicted octanol–water partition coefficient (Wildman–Crippen LogP) is 2.27. The molecule has 1 unspecified atom stereocenters. The lowest BCUT2D eigenvalue weighted by atomic mass is 9.93. The number of piperazine rings is 1. The highest BCUT2D eigenvalue weighted by molar-refractivity contribution is 5.94. The first-order valence-electron chi connectivity index (χ1n) is 10.8. The lowest BCUT2D eigenvalue weighted by Gasteiger charge is -2.34. The van der Waals surface area contributed by atoms with E-state index in [1.165, 1.54) is 18.9 Å². The molecular weight excluding hydrogens is 420 g/mol. The van der Waals surface area contributed by atoms with Crippen LogP contribution in [0.5, 0.6) is 5.75 Å². The Morgan fingerprint density at radius 2 is 2.24 bits per heavy atom. The van der Waals surface area contributed by atoms with Crippen molar-refractivity contribution in [1.29, 1.82) is 5.26 Å². The van der Waals surface area contributed by atoms with Gasteiger partial charge in [-0.3, -0.25) is 4.90 Å². The van der Waals surface area contributed by atoms with Gasteiger partial charge in [0.2, 0.25) is 0 Å². The number of nitriles is 1. The van der Waals surface area contributed by atoms with Crippen LogP contribution in [-0.2, 0) is 17.9 Å². The molecule has 0 spiro atoms. The van der Waals surface area contributed by atoms with Crippen molar-refractivity contribution in [2.75, 3.05) is 26.7 Å². The summed E-state index contributed by atoms with van der Waals surface area (Å²) in [5.74, 6) is 0.839. The van der Waals surface area contributed by atoms with Crippen LogP contribution in [0.15, 0.2) is 36.8 Å². The first-order chi connectivity index (χ1) is 16.1. The molecule has 4 heterocycles. The number of carbonyl (C=O) groups excluding carboxylic acids is 1. The fourth-order valence-corrected chi connectivity index (χ4v) is 4.54. The van der Waals surface area contributed by atoms with Crippen LogP contribution < -0.4 is 10.1 Å². The van der Waals surface area contributed by atoms with E-state index in [0.717, 1.165) is 42.9 Å². The fraction of sp³-hybridized carbons (Fsp3) is 0.333. The second kappa shape index (κ2) is 8.65. The van der Waals surface area contributed by atoms with Crippen LogP contribution in [-0.4, -0.2) is 52.4 Å². The number of nitrogens with zero attached hydrogens (tertiary/aromatic N) is 5. The number of hydrogen-bond donors (Lipinski definition) is 1. The van der Waals surface area contributed by atoms with E-state index in [9.17, 15) is 4.79 Å². The molecule has 1 N–H and O–H groups in total. The molecule has 9 nitrogen and oxygen atoms in total. The number of hydrogen-bond acceptors (Lipinski definition) is 8. The normalized spacial score (nSPS) is 18.0. The van der Waals surface area contributed by atoms with Crippen molar-refractivity contribution >= 4 is 5.97 Å². The maximum absolute atomic E-state index is 11.9. The number of esters is 1. The van der Waals surface area contributed by atoms with Gasteiger partial charge < -0.3 is 14.8 Å². The molecule has 0 aliphatic carbocycles. The number of cyclic esters (lactones) is 1. The number of methoxy groups -OCH3 is 1. The lowest BCUT2D eigenvalue weighted by molar-refractivity contribution is 0.0535. The van der Waals surface area contributed by atoms with Crippen molar-refractivity contribution in [2.24, 2.45) is 0 Å². The van der Waals surface area contributed by atoms with Gasteiger partial charge in [-0.2, -0.15) is 10.4 Å². The second-order valence-electron chi connectivity index (χ2n) is 8.27. The average Bonchev–Trinajstić information content (AvgIpc) is 3.46. The summed E-state index contributed by atoms with van der Waals surface area (Å²) >= 11 is 0. The van der Waals surface area contributed by atoms with E-state index in [-0.39, 0.29) is 12.0 Å². The third-order valence-corrected chi connectivity index (χ3v) is 6.31. The Kier molecular flexibility index (Phi) is 5.54. The highest BCUT2D eigenvalue weighted by Crippen LogP contribution is 2.30. The summed E-state index contributed by atoms with van der Waals surface area (Å²) in [7, 11) is 1.53. The molecule has 0 bridgehead atoms. The van der Waals surface area contributed by atoms with E-state index in [1.807, 2.05) is 24.5 Å². The van der Waals surface area contributed by atoms with Gasteiger partial charge in [0.05, 0.1) is 25.1 Å². The molecule has 2 aliphatic rings. The van der Waals surface area contributed by atoms with Gasteiger partial charge in [0.1, 0.15) is 24.0 Å². The average molecular weight is 444 g/mol. The number of fused-ring (bicyclic) bond motifs is 1. The Hall–Kier alpha value is -3.74. The molecule has 1 fully saturated rings. The molecule has 1 saturated heterocycles. The van der Waals surface area contributed by atoms with E-state index in [1.54, 1.807) is 10.7 Å². The van der Waals surface area contributed by atoms with Gasteiger partial charge >= 0.3 is 5.97 Å². The molecule has 33 heavy (non-hydrogen) atoms. The molecule has 9 heteroatoms. The van der Waals surface area contributed by atoms with Gasteiger partial charge in [-0.15, -0.1) is 0 Å². The molecule has 2 aromatic heterocycles. The first-order valence-corrected chi connectivity index (χ1v) is 10.8. The molecule has 0 saturated carbocycles. The molecule has 168 valence electrons. The molecule has 2 aliphatic heterocycles. The summed E-state index contributed by atoms with van der Waals surface area (Å²) in [4.78, 5) is 18.6. The molecular formula is C24H24N6O3. The van der Waals surface area contributed by atoms with Crippen LogP contribution in [0.3, 0.4) is 0 Å². The Bertz CT molecular complexity index is 1260. The standard InChI is InChI=1S/C24H24N6O3/c1-15-18(3-4-19-20(15)14-33-24(19)31)21-13-29(6-5-26-21)11-16-9-28-30(12-16)23-7-22(32-2)17(8-25)10-27-23/h3-4,7,9-10,12,21,26H,5-6,11,13-14H2,1-2H3. The summed E-state index contributed by atoms with van der Waals surface area (Å²) < 4.78 is 12.2. The molecule has 3 aromatic rings. The van der Waals surface area contributed by atoms with E-state index in [0.29, 0.717) is 29.3 Å². The minimum absolute atomic E-state index is 0.180. The highest BCUT2D eigenvalue weighted by Gasteiger charge is 2.28. The largest absolute Gasteiger partial charge is 0.495 e. The van der Waals surface area contributed by atoms with Crippen LogP contribution in [0, 0.1) is 18.3 Å². The summed E-state index contributed by atoms with van der Waals surface area (Å²) in [6, 6.07) is 7.89. The summed E-state index contributed by atoms with van der Waals surface area (Å²) in [6.45, 7) is 5.84. The first kappa shape index (κ1) is 21.1. The zero-order chi connectivity index (χ0) is 22.9. The van der Waals surface area contributed by atoms with E-state index in [2.05, 4.69) is 33.3 Å². The number of aromatic nitrogens is 3. The van der Waals surface area contributed by atoms with E-state index < -0.39 is 0 Å². The van der Waals surface area contributed by atoms with Gasteiger partial charge in [-0.25, -0.2) is 14.5 Å². The third-order valence-electron chi connectivity index (χ3n) is 6.31. The number of carbonyl (C=O) groups is 1. The van der Waals surface area contributed by atoms with Crippen molar-refractivity contribution in [3.8, 4) is 17.6 Å². The SMILES string of the molecule is COc1cc(-n2cc(CN3CCNC(c4ccc5c(c4C)COC5=O)C3)cn2)ncc1C#N. The van der Waals surface area contributed by atoms with Crippen molar-refractivity contribution in [3.05, 3.63) is 70.2 Å². The number of rotatable bonds is 5. The minimum Gasteiger partial charge on any atom is -0.495 e. The topological polar surface area (TPSA) is 105 Å². The zero-order valence-electron chi connectivity index (χ0n) is 18.5. The fourth-order valence-electron chi connectivity index (χ4n) is 4.54. The minimum atomic E-state index is -0.232. The molecule has 5 rings (SSSR count). The number of benzene rings is 1. The highest BCUT2D eigenvalue weighted by atomic mass is 16.5. The van der Waals surface area contributed by atoms with Gasteiger partial charge in [0.15, 0.2) is 5.82 Å². The Morgan fingerprint density at radius 1 is 1.36 bits per heavy atom. The summed E-state index contributed by atoms with van der Waals surface area (Å²) in [5, 5.41) is 17.2. The van der Waals surface area contributed by atoms with E-state index >= 15 is 0 Å². The van der Waals surface area contributed by atoms with Gasteiger partial charge in [-0.05, 0) is 24.1 Å². The Morgan fingerprint density at radius 3 is 3.06 bits per heavy atom. The van der Waals surface area contributed by atoms with Gasteiger partial charge in [-0.1, -0.05) is 6.07 Å². The molecule has 0 radical (unpaired) electrons. The third kappa shape index (κ3) is 3.95. The number of nitrogens with one attached hydrogen (secondary N) is 1. The monoisotopic (exact) mass is 444 g/mol. The van der Waals surface area contributed by atoms with Crippen LogP contribution in [0.4, 0.5) is 0 Å². The van der Waals surface area contributed by atoms with Crippen molar-refractivity contribution in [1.82, 2.24) is 25.0 Å². The van der Waals surface area contributed by atoms with Crippen LogP contribution >= 0.6 is 0 Å². The molecule has 0 amide bonds. The predicted molar refractivity (Wildman–Crippen MR) is 119 cm³/mol. The van der Waals surface area contributed by atoms with Crippen molar-refractivity contribution < 1.29 is 14.3 Å². The molecule has 1 aromatic carbocycles. The maximum Gasteiger partial charge on any atom is 0.338 e. The summed E-state index contributed by atoms with van der Waals surface area (Å²) in [6.07, 6.45) is 5.29. The maximum atomic E-state index is 11.9. The number of ether oxygens (including phenoxy) is 2. The molecule has 1 atom stereocenters. The quantitative estimate of drug-likeness (QED) is 0.598. The smallest absolute Gasteiger partial charge is 0.338 e. The van der Waals surface area contributed by atoms with Crippen molar-refractivity contribution in [3.63, 3.8) is 0 Å². The van der Waals surface area contributed by atoms with Crippen molar-refractivity contribution in [2.45, 2.75) is 26.1 Å². The summed E-state index contributed by atoms with van der Waals surface area (Å²) in [5.41, 5.74) is 5.49. The zero-order valence-corrected chi connectivity index (χ0v) is 18.5. The van der Waals surface area contributed by atoms with Crippen LogP contribution in [0.25, 0.3) is 5.82 Å². The van der Waals surface area contributed by atoms with Crippen LogP contribution in [0.2, 0.25) is 0 Å². The Balaban J connectivity index is 1.30. The van der Waals surface area contributed by atoms with Gasteiger partial charge in [0, 0.05) is 55.6 Å². The van der Waals surface area contributed by atoms with Gasteiger partial charge in [0.25, 0.3) is 0 Å². The van der Waals surface area contributed by atoms with E-state index in [4.69, 9.17) is 14.7 Å². The lowest BCUT2D eigenvalue weighted by Crippen LogP contribution is -2.45.